The molecule has 0 spiro atoms. The molecule has 0 fully saturated rings. The molecular formula is C11H19N3O2. The lowest BCUT2D eigenvalue weighted by Crippen LogP contribution is -2.33. The van der Waals surface area contributed by atoms with Crippen molar-refractivity contribution in [3.63, 3.8) is 0 Å². The van der Waals surface area contributed by atoms with Crippen LogP contribution in [0.2, 0.25) is 0 Å². The van der Waals surface area contributed by atoms with Crippen molar-refractivity contribution in [1.29, 1.82) is 0 Å². The summed E-state index contributed by atoms with van der Waals surface area (Å²) in [5.74, 6) is 1.36. The Morgan fingerprint density at radius 2 is 2.31 bits per heavy atom. The van der Waals surface area contributed by atoms with E-state index in [0.29, 0.717) is 19.0 Å². The maximum Gasteiger partial charge on any atom is 0.234 e. The number of aryl methyl sites for hydroxylation is 1. The fourth-order valence-electron chi connectivity index (χ4n) is 1.21. The summed E-state index contributed by atoms with van der Waals surface area (Å²) in [4.78, 5) is 15.4. The summed E-state index contributed by atoms with van der Waals surface area (Å²) >= 11 is 0. The zero-order valence-electron chi connectivity index (χ0n) is 9.88. The molecule has 1 amide bonds. The zero-order chi connectivity index (χ0) is 11.8. The van der Waals surface area contributed by atoms with Gasteiger partial charge in [-0.1, -0.05) is 13.8 Å². The Morgan fingerprint density at radius 3 is 2.94 bits per heavy atom. The van der Waals surface area contributed by atoms with Crippen LogP contribution in [-0.2, 0) is 17.8 Å². The number of hydrogen-bond donors (Lipinski definition) is 2. The summed E-state index contributed by atoms with van der Waals surface area (Å²) in [6, 6.07) is 0. The second-order valence-corrected chi connectivity index (χ2v) is 3.53. The van der Waals surface area contributed by atoms with Crippen molar-refractivity contribution in [1.82, 2.24) is 15.6 Å². The van der Waals surface area contributed by atoms with Gasteiger partial charge in [0.1, 0.15) is 5.76 Å². The van der Waals surface area contributed by atoms with E-state index in [2.05, 4.69) is 22.5 Å². The minimum atomic E-state index is -0.0373. The van der Waals surface area contributed by atoms with Crippen molar-refractivity contribution < 1.29 is 9.21 Å². The van der Waals surface area contributed by atoms with Gasteiger partial charge in [0, 0.05) is 6.42 Å². The molecule has 0 atom stereocenters. The molecule has 0 aliphatic rings. The van der Waals surface area contributed by atoms with Crippen LogP contribution in [0.5, 0.6) is 0 Å². The van der Waals surface area contributed by atoms with Crippen molar-refractivity contribution in [3.05, 3.63) is 17.8 Å². The Bertz CT molecular complexity index is 323. The van der Waals surface area contributed by atoms with Gasteiger partial charge in [-0.25, -0.2) is 4.98 Å². The van der Waals surface area contributed by atoms with Crippen LogP contribution in [0, 0.1) is 0 Å². The molecule has 0 saturated heterocycles. The van der Waals surface area contributed by atoms with Crippen LogP contribution >= 0.6 is 0 Å². The maximum atomic E-state index is 11.3. The highest BCUT2D eigenvalue weighted by Crippen LogP contribution is 2.03. The Morgan fingerprint density at radius 1 is 1.50 bits per heavy atom. The molecule has 16 heavy (non-hydrogen) atoms. The number of oxazole rings is 1. The number of aromatic nitrogens is 1. The third-order valence-electron chi connectivity index (χ3n) is 2.10. The van der Waals surface area contributed by atoms with Gasteiger partial charge in [0.15, 0.2) is 0 Å². The van der Waals surface area contributed by atoms with E-state index in [9.17, 15) is 4.79 Å². The monoisotopic (exact) mass is 225 g/mol. The fraction of sp³-hybridized carbons (Fsp3) is 0.636. The molecule has 0 saturated carbocycles. The summed E-state index contributed by atoms with van der Waals surface area (Å²) in [7, 11) is 0. The molecule has 0 aromatic carbocycles. The van der Waals surface area contributed by atoms with Crippen LogP contribution in [0.3, 0.4) is 0 Å². The standard InChI is InChI=1S/C11H19N3O2/c1-3-5-12-7-10(15)13-8-11-14-6-9(4-2)16-11/h6,12H,3-5,7-8H2,1-2H3,(H,13,15). The first-order valence-corrected chi connectivity index (χ1v) is 5.67. The molecule has 5 nitrogen and oxygen atoms in total. The molecule has 0 aliphatic carbocycles. The van der Waals surface area contributed by atoms with Gasteiger partial charge in [-0.05, 0) is 13.0 Å². The highest BCUT2D eigenvalue weighted by atomic mass is 16.4. The van der Waals surface area contributed by atoms with Crippen LogP contribution in [0.1, 0.15) is 31.9 Å². The first kappa shape index (κ1) is 12.7. The molecular weight excluding hydrogens is 206 g/mol. The maximum absolute atomic E-state index is 11.3. The lowest BCUT2D eigenvalue weighted by Gasteiger charge is -2.03. The average Bonchev–Trinajstić information content (AvgIpc) is 2.74. The van der Waals surface area contributed by atoms with Crippen molar-refractivity contribution in [2.24, 2.45) is 0 Å². The van der Waals surface area contributed by atoms with Gasteiger partial charge >= 0.3 is 0 Å². The predicted octanol–water partition coefficient (Wildman–Crippen LogP) is 0.853. The van der Waals surface area contributed by atoms with Gasteiger partial charge in [0.25, 0.3) is 0 Å². The average molecular weight is 225 g/mol. The molecule has 1 rings (SSSR count). The third-order valence-corrected chi connectivity index (χ3v) is 2.10. The van der Waals surface area contributed by atoms with Crippen LogP contribution in [-0.4, -0.2) is 24.0 Å². The second kappa shape index (κ2) is 7.00. The SMILES string of the molecule is CCCNCC(=O)NCc1ncc(CC)o1. The number of nitrogens with zero attached hydrogens (tertiary/aromatic N) is 1. The van der Waals surface area contributed by atoms with Crippen LogP contribution in [0.4, 0.5) is 0 Å². The number of nitrogens with one attached hydrogen (secondary N) is 2. The minimum absolute atomic E-state index is 0.0373. The van der Waals surface area contributed by atoms with E-state index < -0.39 is 0 Å². The van der Waals surface area contributed by atoms with Gasteiger partial charge in [-0.2, -0.15) is 0 Å². The molecule has 1 aromatic rings. The van der Waals surface area contributed by atoms with Crippen molar-refractivity contribution in [3.8, 4) is 0 Å². The van der Waals surface area contributed by atoms with E-state index in [4.69, 9.17) is 4.42 Å². The van der Waals surface area contributed by atoms with Crippen molar-refractivity contribution in [2.45, 2.75) is 33.2 Å². The van der Waals surface area contributed by atoms with Gasteiger partial charge < -0.3 is 15.1 Å². The summed E-state index contributed by atoms with van der Waals surface area (Å²) in [5, 5.41) is 5.76. The molecule has 0 unspecified atom stereocenters. The van der Waals surface area contributed by atoms with Crippen LogP contribution in [0.15, 0.2) is 10.6 Å². The summed E-state index contributed by atoms with van der Waals surface area (Å²) in [6.07, 6.45) is 3.53. The number of rotatable bonds is 7. The normalized spacial score (nSPS) is 10.4. The van der Waals surface area contributed by atoms with Gasteiger partial charge in [-0.3, -0.25) is 4.79 Å². The minimum Gasteiger partial charge on any atom is -0.444 e. The Hall–Kier alpha value is -1.36. The summed E-state index contributed by atoms with van der Waals surface area (Å²) in [5.41, 5.74) is 0. The Kier molecular flexibility index (Phi) is 5.56. The topological polar surface area (TPSA) is 67.2 Å². The number of carbonyl (C=O) groups excluding carboxylic acids is 1. The van der Waals surface area contributed by atoms with Crippen LogP contribution in [0.25, 0.3) is 0 Å². The van der Waals surface area contributed by atoms with E-state index in [1.165, 1.54) is 0 Å². The Labute approximate surface area is 95.6 Å². The van der Waals surface area contributed by atoms with Gasteiger partial charge in [-0.15, -0.1) is 0 Å². The van der Waals surface area contributed by atoms with Gasteiger partial charge in [0.05, 0.1) is 19.3 Å². The lowest BCUT2D eigenvalue weighted by molar-refractivity contribution is -0.120. The first-order chi connectivity index (χ1) is 7.76. The highest BCUT2D eigenvalue weighted by molar-refractivity contribution is 5.77. The fourth-order valence-corrected chi connectivity index (χ4v) is 1.21. The molecule has 0 aliphatic heterocycles. The summed E-state index contributed by atoms with van der Waals surface area (Å²) < 4.78 is 5.36. The summed E-state index contributed by atoms with van der Waals surface area (Å²) in [6.45, 7) is 5.61. The van der Waals surface area contributed by atoms with E-state index >= 15 is 0 Å². The quantitative estimate of drug-likeness (QED) is 0.675. The van der Waals surface area contributed by atoms with E-state index in [1.54, 1.807) is 6.20 Å². The smallest absolute Gasteiger partial charge is 0.234 e. The molecule has 2 N–H and O–H groups in total. The lowest BCUT2D eigenvalue weighted by atomic mass is 10.4. The molecule has 0 radical (unpaired) electrons. The van der Waals surface area contributed by atoms with E-state index in [1.807, 2.05) is 6.92 Å². The molecule has 1 heterocycles. The third kappa shape index (κ3) is 4.44. The molecule has 90 valence electrons. The predicted molar refractivity (Wildman–Crippen MR) is 60.9 cm³/mol. The second-order valence-electron chi connectivity index (χ2n) is 3.53. The largest absolute Gasteiger partial charge is 0.444 e. The Balaban J connectivity index is 2.20. The number of carbonyl (C=O) groups is 1. The first-order valence-electron chi connectivity index (χ1n) is 5.67. The van der Waals surface area contributed by atoms with Gasteiger partial charge in [0.2, 0.25) is 11.8 Å². The zero-order valence-corrected chi connectivity index (χ0v) is 9.88. The van der Waals surface area contributed by atoms with Crippen molar-refractivity contribution in [2.75, 3.05) is 13.1 Å². The number of hydrogen-bond acceptors (Lipinski definition) is 4. The van der Waals surface area contributed by atoms with E-state index in [-0.39, 0.29) is 5.91 Å². The molecule has 5 heteroatoms. The van der Waals surface area contributed by atoms with Crippen molar-refractivity contribution >= 4 is 5.91 Å². The molecule has 0 bridgehead atoms. The number of amides is 1. The van der Waals surface area contributed by atoms with E-state index in [0.717, 1.165) is 25.1 Å². The molecule has 1 aromatic heterocycles. The highest BCUT2D eigenvalue weighted by Gasteiger charge is 2.04. The van der Waals surface area contributed by atoms with Crippen LogP contribution < -0.4 is 10.6 Å².